The zero-order chi connectivity index (χ0) is 49.2. The molecule has 1 spiro atoms. The van der Waals surface area contributed by atoms with Gasteiger partial charge in [-0.25, -0.2) is 9.97 Å². The van der Waals surface area contributed by atoms with Crippen LogP contribution in [0.5, 0.6) is 0 Å². The van der Waals surface area contributed by atoms with Crippen molar-refractivity contribution >= 4 is 34.1 Å². The molecule has 0 fully saturated rings. The molecule has 5 heterocycles. The van der Waals surface area contributed by atoms with E-state index >= 15 is 0 Å². The van der Waals surface area contributed by atoms with E-state index in [1.807, 2.05) is 30.3 Å². The van der Waals surface area contributed by atoms with Gasteiger partial charge in [-0.3, -0.25) is 9.97 Å². The molecule has 8 aromatic carbocycles. The zero-order valence-corrected chi connectivity index (χ0v) is 41.1. The second-order valence-electron chi connectivity index (χ2n) is 19.4. The Labute approximate surface area is 426 Å². The number of aromatic nitrogens is 4. The van der Waals surface area contributed by atoms with Crippen molar-refractivity contribution in [1.29, 1.82) is 0 Å². The molecule has 0 atom stereocenters. The summed E-state index contributed by atoms with van der Waals surface area (Å²) in [7, 11) is 0. The first-order valence-corrected chi connectivity index (χ1v) is 24.9. The molecule has 0 amide bonds. The van der Waals surface area contributed by atoms with Gasteiger partial charge in [0.2, 0.25) is 0 Å². The summed E-state index contributed by atoms with van der Waals surface area (Å²) in [6, 6.07) is 76.0. The first kappa shape index (κ1) is 43.7. The van der Waals surface area contributed by atoms with Gasteiger partial charge in [-0.15, -0.1) is 0 Å². The molecule has 0 aliphatic carbocycles. The molecule has 6 heteroatoms. The van der Waals surface area contributed by atoms with E-state index in [-0.39, 0.29) is 0 Å². The lowest BCUT2D eigenvalue weighted by atomic mass is 9.59. The number of pyridine rings is 2. The Morgan fingerprint density at radius 2 is 0.726 bits per heavy atom. The summed E-state index contributed by atoms with van der Waals surface area (Å²) >= 11 is 0. The average Bonchev–Trinajstić information content (AvgIpc) is 3.44. The van der Waals surface area contributed by atoms with Gasteiger partial charge < -0.3 is 9.80 Å². The van der Waals surface area contributed by atoms with Gasteiger partial charge in [0, 0.05) is 64.0 Å². The summed E-state index contributed by atoms with van der Waals surface area (Å²) in [5.74, 6) is 0.637. The third-order valence-corrected chi connectivity index (χ3v) is 14.7. The van der Waals surface area contributed by atoms with Crippen molar-refractivity contribution in [2.24, 2.45) is 0 Å². The molecule has 0 radical (unpaired) electrons. The Bertz CT molecular complexity index is 3700. The lowest BCUT2D eigenvalue weighted by Gasteiger charge is -2.48. The van der Waals surface area contributed by atoms with Crippen molar-refractivity contribution in [2.75, 3.05) is 9.80 Å². The maximum Gasteiger partial charge on any atom is 0.160 e. The summed E-state index contributed by atoms with van der Waals surface area (Å²) in [6.07, 6.45) is 7.20. The van der Waals surface area contributed by atoms with Crippen LogP contribution < -0.4 is 9.80 Å². The minimum Gasteiger partial charge on any atom is -0.310 e. The minimum absolute atomic E-state index is 0.637. The first-order chi connectivity index (χ1) is 35.8. The largest absolute Gasteiger partial charge is 0.310 e. The van der Waals surface area contributed by atoms with Crippen molar-refractivity contribution in [2.45, 2.75) is 33.1 Å². The predicted octanol–water partition coefficient (Wildman–Crippen LogP) is 16.8. The topological polar surface area (TPSA) is 58.0 Å². The van der Waals surface area contributed by atoms with Crippen LogP contribution in [-0.2, 0) is 5.41 Å². The van der Waals surface area contributed by atoms with E-state index in [0.717, 1.165) is 73.3 Å². The highest BCUT2D eigenvalue weighted by atomic mass is 15.2. The molecular formula is C67H50N6. The summed E-state index contributed by atoms with van der Waals surface area (Å²) < 4.78 is 0. The normalized spacial score (nSPS) is 13.0. The average molecular weight is 939 g/mol. The monoisotopic (exact) mass is 938 g/mol. The molecule has 0 N–H and O–H groups in total. The number of rotatable bonds is 5. The van der Waals surface area contributed by atoms with E-state index < -0.39 is 5.41 Å². The standard InChI is InChI=1S/C67H50N6/c1-43-18-26-62-54(38-43)52-14-8-10-16-56(52)67(58-40-45(3)20-28-64(58)73(50-12-6-5-7-13-50)65-29-21-46(4)41-59(65)67)57-17-11-9-15-53(57)55-39-44(2)19-27-63(55)72(62)51-24-22-49(23-25-51)66-70-60(47-30-34-68-35-31-47)42-61(71-66)48-32-36-69-37-33-48/h5-42H,1-4H3. The van der Waals surface area contributed by atoms with Crippen LogP contribution in [0.4, 0.5) is 34.1 Å². The zero-order valence-electron chi connectivity index (χ0n) is 41.1. The molecule has 3 aromatic heterocycles. The Kier molecular flexibility index (Phi) is 10.5. The Morgan fingerprint density at radius 1 is 0.315 bits per heavy atom. The second-order valence-corrected chi connectivity index (χ2v) is 19.4. The fraction of sp³-hybridized carbons (Fsp3) is 0.0746. The smallest absolute Gasteiger partial charge is 0.160 e. The molecule has 0 saturated heterocycles. The van der Waals surface area contributed by atoms with Crippen LogP contribution in [0, 0.1) is 27.7 Å². The predicted molar refractivity (Wildman–Crippen MR) is 299 cm³/mol. The van der Waals surface area contributed by atoms with E-state index in [1.54, 1.807) is 24.8 Å². The van der Waals surface area contributed by atoms with Gasteiger partial charge in [-0.05, 0) is 164 Å². The number of para-hydroxylation sites is 1. The van der Waals surface area contributed by atoms with Gasteiger partial charge in [-0.1, -0.05) is 125 Å². The van der Waals surface area contributed by atoms with Crippen LogP contribution in [0.2, 0.25) is 0 Å². The van der Waals surface area contributed by atoms with Crippen LogP contribution >= 0.6 is 0 Å². The van der Waals surface area contributed by atoms with Crippen LogP contribution in [0.3, 0.4) is 0 Å². The fourth-order valence-electron chi connectivity index (χ4n) is 11.4. The van der Waals surface area contributed by atoms with Crippen LogP contribution in [-0.4, -0.2) is 19.9 Å². The SMILES string of the molecule is Cc1ccc2c(c1)-c1ccccc1C1(c3ccccc3-c3cc(C)ccc3N2c2ccc(-c3nc(-c4ccncc4)cc(-c4ccncc4)n3)cc2)c2cc(C)ccc2N(c2ccccc2)c2ccc(C)cc21. The van der Waals surface area contributed by atoms with Crippen molar-refractivity contribution in [3.05, 3.63) is 276 Å². The number of hydrogen-bond donors (Lipinski definition) is 0. The highest BCUT2D eigenvalue weighted by Crippen LogP contribution is 2.62. The van der Waals surface area contributed by atoms with Crippen molar-refractivity contribution < 1.29 is 0 Å². The maximum absolute atomic E-state index is 5.17. The van der Waals surface area contributed by atoms with Crippen LogP contribution in [0.15, 0.2) is 231 Å². The Balaban J connectivity index is 1.09. The number of aryl methyl sites for hydroxylation is 4. The number of fused-ring (bicyclic) bond motifs is 12. The van der Waals surface area contributed by atoms with Gasteiger partial charge in [0.15, 0.2) is 5.82 Å². The molecular weight excluding hydrogens is 889 g/mol. The molecule has 73 heavy (non-hydrogen) atoms. The van der Waals surface area contributed by atoms with E-state index in [2.05, 4.69) is 223 Å². The van der Waals surface area contributed by atoms with E-state index in [0.29, 0.717) is 5.82 Å². The van der Waals surface area contributed by atoms with Gasteiger partial charge >= 0.3 is 0 Å². The first-order valence-electron chi connectivity index (χ1n) is 24.9. The van der Waals surface area contributed by atoms with Gasteiger partial charge in [0.25, 0.3) is 0 Å². The third-order valence-electron chi connectivity index (χ3n) is 14.7. The van der Waals surface area contributed by atoms with Gasteiger partial charge in [0.1, 0.15) is 0 Å². The Morgan fingerprint density at radius 3 is 1.22 bits per heavy atom. The molecule has 2 aliphatic rings. The third kappa shape index (κ3) is 7.25. The molecule has 0 bridgehead atoms. The van der Waals surface area contributed by atoms with Crippen molar-refractivity contribution in [1.82, 2.24) is 19.9 Å². The molecule has 0 unspecified atom stereocenters. The second kappa shape index (κ2) is 17.5. The summed E-state index contributed by atoms with van der Waals surface area (Å²) in [4.78, 5) is 23.8. The molecule has 6 nitrogen and oxygen atoms in total. The highest BCUT2D eigenvalue weighted by molar-refractivity contribution is 6.00. The summed E-state index contributed by atoms with van der Waals surface area (Å²) in [6.45, 7) is 8.88. The van der Waals surface area contributed by atoms with E-state index in [9.17, 15) is 0 Å². The van der Waals surface area contributed by atoms with Crippen molar-refractivity contribution in [3.8, 4) is 56.2 Å². The minimum atomic E-state index is -0.771. The maximum atomic E-state index is 5.17. The van der Waals surface area contributed by atoms with E-state index in [1.165, 1.54) is 55.6 Å². The van der Waals surface area contributed by atoms with Crippen LogP contribution in [0.1, 0.15) is 44.5 Å². The molecule has 0 saturated carbocycles. The fourth-order valence-corrected chi connectivity index (χ4v) is 11.4. The lowest BCUT2D eigenvalue weighted by molar-refractivity contribution is 0.732. The molecule has 2 aliphatic heterocycles. The quantitative estimate of drug-likeness (QED) is 0.171. The molecule has 11 aromatic rings. The van der Waals surface area contributed by atoms with Gasteiger partial charge in [-0.2, -0.15) is 0 Å². The van der Waals surface area contributed by atoms with Gasteiger partial charge in [0.05, 0.1) is 39.6 Å². The molecule has 13 rings (SSSR count). The summed E-state index contributed by atoms with van der Waals surface area (Å²) in [5, 5.41) is 0. The molecule has 348 valence electrons. The number of nitrogens with zero attached hydrogens (tertiary/aromatic N) is 6. The van der Waals surface area contributed by atoms with Crippen molar-refractivity contribution in [3.63, 3.8) is 0 Å². The van der Waals surface area contributed by atoms with E-state index in [4.69, 9.17) is 9.97 Å². The number of hydrogen-bond acceptors (Lipinski definition) is 6. The highest BCUT2D eigenvalue weighted by Gasteiger charge is 2.49. The lowest BCUT2D eigenvalue weighted by Crippen LogP contribution is -2.39. The number of anilines is 6. The van der Waals surface area contributed by atoms with Crippen LogP contribution in [0.25, 0.3) is 56.2 Å². The summed E-state index contributed by atoms with van der Waals surface area (Å²) in [5.41, 5.74) is 24.7. The Hall–Kier alpha value is -9.26. The number of benzene rings is 8.